The Morgan fingerprint density at radius 3 is 2.24 bits per heavy atom. The Morgan fingerprint density at radius 2 is 1.68 bits per heavy atom. The molecule has 0 heterocycles. The summed E-state index contributed by atoms with van der Waals surface area (Å²) in [5, 5.41) is 3.13. The lowest BCUT2D eigenvalue weighted by atomic mass is 10.1. The lowest BCUT2D eigenvalue weighted by molar-refractivity contribution is -0.120. The summed E-state index contributed by atoms with van der Waals surface area (Å²) in [5.74, 6) is -0.137. The van der Waals surface area contributed by atoms with Crippen molar-refractivity contribution in [3.8, 4) is 0 Å². The highest BCUT2D eigenvalue weighted by atomic mass is 35.5. The first-order chi connectivity index (χ1) is 11.8. The fourth-order valence-corrected chi connectivity index (χ4v) is 3.81. The van der Waals surface area contributed by atoms with E-state index < -0.39 is 10.0 Å². The summed E-state index contributed by atoms with van der Waals surface area (Å²) < 4.78 is 27.2. The Bertz CT molecular complexity index is 861. The molecule has 1 amide bonds. The highest BCUT2D eigenvalue weighted by Crippen LogP contribution is 2.24. The van der Waals surface area contributed by atoms with E-state index in [1.807, 2.05) is 0 Å². The Balaban J connectivity index is 2.09. The quantitative estimate of drug-likeness (QED) is 0.698. The van der Waals surface area contributed by atoms with E-state index in [-0.39, 0.29) is 27.3 Å². The van der Waals surface area contributed by atoms with E-state index in [1.165, 1.54) is 18.2 Å². The van der Waals surface area contributed by atoms with Crippen molar-refractivity contribution in [3.05, 3.63) is 70.7 Å². The molecule has 0 spiro atoms. The molecule has 0 saturated carbocycles. The van der Waals surface area contributed by atoms with Crippen molar-refractivity contribution in [2.24, 2.45) is 0 Å². The molecule has 132 valence electrons. The maximum atomic E-state index is 12.4. The lowest BCUT2D eigenvalue weighted by Gasteiger charge is -2.10. The predicted molar refractivity (Wildman–Crippen MR) is 101 cm³/mol. The van der Waals surface area contributed by atoms with E-state index in [1.54, 1.807) is 30.3 Å². The number of benzene rings is 2. The van der Waals surface area contributed by atoms with Crippen LogP contribution in [0.15, 0.2) is 60.0 Å². The maximum Gasteiger partial charge on any atom is 0.261 e. The Kier molecular flexibility index (Phi) is 6.47. The van der Waals surface area contributed by atoms with Crippen molar-refractivity contribution in [1.82, 2.24) is 5.32 Å². The number of carbonyl (C=O) groups excluding carboxylic acids is 1. The van der Waals surface area contributed by atoms with Gasteiger partial charge in [-0.25, -0.2) is 8.42 Å². The van der Waals surface area contributed by atoms with Crippen LogP contribution in [0.5, 0.6) is 0 Å². The second-order valence-electron chi connectivity index (χ2n) is 5.18. The van der Waals surface area contributed by atoms with Gasteiger partial charge in [-0.2, -0.15) is 0 Å². The first-order valence-corrected chi connectivity index (χ1v) is 9.49. The zero-order valence-electron chi connectivity index (χ0n) is 13.1. The smallest absolute Gasteiger partial charge is 0.261 e. The molecule has 8 heteroatoms. The minimum atomic E-state index is -3.82. The molecule has 2 aromatic rings. The Morgan fingerprint density at radius 1 is 1.08 bits per heavy atom. The summed E-state index contributed by atoms with van der Waals surface area (Å²) in [6.45, 7) is 3.93. The first kappa shape index (κ1) is 19.3. The lowest BCUT2D eigenvalue weighted by Crippen LogP contribution is -2.24. The maximum absolute atomic E-state index is 12.4. The van der Waals surface area contributed by atoms with Gasteiger partial charge in [0, 0.05) is 22.3 Å². The normalized spacial score (nSPS) is 11.0. The molecular formula is C17H16Cl2N2O3S. The standard InChI is InChI=1S/C17H16Cl2N2O3S/c1-2-7-20-17(22)8-12-3-5-15(6-4-12)21-25(23,24)16-10-13(18)9-14(19)11-16/h2-6,9-11,21H,1,7-8H2,(H,20,22). The van der Waals surface area contributed by atoms with Gasteiger partial charge in [-0.05, 0) is 35.9 Å². The fraction of sp³-hybridized carbons (Fsp3) is 0.118. The van der Waals surface area contributed by atoms with Gasteiger partial charge in [-0.3, -0.25) is 9.52 Å². The van der Waals surface area contributed by atoms with Crippen molar-refractivity contribution in [2.75, 3.05) is 11.3 Å². The number of nitrogens with one attached hydrogen (secondary N) is 2. The molecule has 25 heavy (non-hydrogen) atoms. The number of rotatable bonds is 7. The monoisotopic (exact) mass is 398 g/mol. The Hall–Kier alpha value is -2.02. The molecule has 0 aliphatic heterocycles. The molecule has 0 bridgehead atoms. The van der Waals surface area contributed by atoms with Crippen LogP contribution < -0.4 is 10.0 Å². The summed E-state index contributed by atoms with van der Waals surface area (Å²) in [6.07, 6.45) is 1.79. The van der Waals surface area contributed by atoms with Gasteiger partial charge in [-0.1, -0.05) is 41.4 Å². The number of hydrogen-bond acceptors (Lipinski definition) is 3. The van der Waals surface area contributed by atoms with Crippen LogP contribution in [0, 0.1) is 0 Å². The van der Waals surface area contributed by atoms with Gasteiger partial charge in [0.15, 0.2) is 0 Å². The minimum absolute atomic E-state index is 0.0297. The van der Waals surface area contributed by atoms with Crippen LogP contribution in [0.3, 0.4) is 0 Å². The van der Waals surface area contributed by atoms with Crippen LogP contribution in [0.4, 0.5) is 5.69 Å². The molecule has 0 aliphatic carbocycles. The van der Waals surface area contributed by atoms with Gasteiger partial charge in [0.25, 0.3) is 10.0 Å². The van der Waals surface area contributed by atoms with Crippen LogP contribution in [0.2, 0.25) is 10.0 Å². The zero-order valence-corrected chi connectivity index (χ0v) is 15.5. The summed E-state index contributed by atoms with van der Waals surface area (Å²) in [4.78, 5) is 11.6. The molecule has 0 aliphatic rings. The second kappa shape index (κ2) is 8.38. The summed E-state index contributed by atoms with van der Waals surface area (Å²) in [5.41, 5.74) is 1.13. The molecule has 2 N–H and O–H groups in total. The van der Waals surface area contributed by atoms with Crippen molar-refractivity contribution in [1.29, 1.82) is 0 Å². The molecule has 2 aromatic carbocycles. The van der Waals surface area contributed by atoms with Crippen LogP contribution in [-0.4, -0.2) is 20.9 Å². The molecule has 5 nitrogen and oxygen atoms in total. The van der Waals surface area contributed by atoms with Gasteiger partial charge >= 0.3 is 0 Å². The number of halogens is 2. The average molecular weight is 399 g/mol. The molecule has 2 rings (SSSR count). The van der Waals surface area contributed by atoms with Crippen LogP contribution in [-0.2, 0) is 21.2 Å². The van der Waals surface area contributed by atoms with Crippen molar-refractivity contribution < 1.29 is 13.2 Å². The van der Waals surface area contributed by atoms with Gasteiger partial charge in [0.2, 0.25) is 5.91 Å². The van der Waals surface area contributed by atoms with E-state index in [9.17, 15) is 13.2 Å². The SMILES string of the molecule is C=CCNC(=O)Cc1ccc(NS(=O)(=O)c2cc(Cl)cc(Cl)c2)cc1. The molecule has 0 aromatic heterocycles. The van der Waals surface area contributed by atoms with E-state index in [0.29, 0.717) is 12.2 Å². The molecule has 0 saturated heterocycles. The number of hydrogen-bond donors (Lipinski definition) is 2. The van der Waals surface area contributed by atoms with Crippen molar-refractivity contribution >= 4 is 44.8 Å². The number of amides is 1. The van der Waals surface area contributed by atoms with Crippen molar-refractivity contribution in [3.63, 3.8) is 0 Å². The number of anilines is 1. The molecule has 0 unspecified atom stereocenters. The summed E-state index contributed by atoms with van der Waals surface area (Å²) in [6, 6.07) is 10.6. The largest absolute Gasteiger partial charge is 0.352 e. The molecule has 0 fully saturated rings. The van der Waals surface area contributed by atoms with E-state index in [4.69, 9.17) is 23.2 Å². The molecule has 0 radical (unpaired) electrons. The van der Waals surface area contributed by atoms with E-state index >= 15 is 0 Å². The third kappa shape index (κ3) is 5.77. The zero-order chi connectivity index (χ0) is 18.4. The Labute approximate surface area is 156 Å². The summed E-state index contributed by atoms with van der Waals surface area (Å²) >= 11 is 11.7. The van der Waals surface area contributed by atoms with E-state index in [2.05, 4.69) is 16.6 Å². The van der Waals surface area contributed by atoms with Gasteiger partial charge in [0.05, 0.1) is 11.3 Å². The topological polar surface area (TPSA) is 75.3 Å². The first-order valence-electron chi connectivity index (χ1n) is 7.25. The van der Waals surface area contributed by atoms with Crippen molar-refractivity contribution in [2.45, 2.75) is 11.3 Å². The second-order valence-corrected chi connectivity index (χ2v) is 7.73. The van der Waals surface area contributed by atoms with Gasteiger partial charge in [0.1, 0.15) is 0 Å². The van der Waals surface area contributed by atoms with Crippen LogP contribution >= 0.6 is 23.2 Å². The van der Waals surface area contributed by atoms with E-state index in [0.717, 1.165) is 5.56 Å². The van der Waals surface area contributed by atoms with Crippen LogP contribution in [0.25, 0.3) is 0 Å². The third-order valence-electron chi connectivity index (χ3n) is 3.16. The number of sulfonamides is 1. The fourth-order valence-electron chi connectivity index (χ4n) is 2.02. The minimum Gasteiger partial charge on any atom is -0.352 e. The van der Waals surface area contributed by atoms with Gasteiger partial charge < -0.3 is 5.32 Å². The van der Waals surface area contributed by atoms with Gasteiger partial charge in [-0.15, -0.1) is 6.58 Å². The highest BCUT2D eigenvalue weighted by molar-refractivity contribution is 7.92. The highest BCUT2D eigenvalue weighted by Gasteiger charge is 2.16. The van der Waals surface area contributed by atoms with Crippen LogP contribution in [0.1, 0.15) is 5.56 Å². The molecule has 0 atom stereocenters. The predicted octanol–water partition coefficient (Wildman–Crippen LogP) is 3.64. The average Bonchev–Trinajstić information content (AvgIpc) is 2.53. The third-order valence-corrected chi connectivity index (χ3v) is 4.96. The summed E-state index contributed by atoms with van der Waals surface area (Å²) in [7, 11) is -3.82. The number of carbonyl (C=O) groups is 1. The molecular weight excluding hydrogens is 383 g/mol.